The van der Waals surface area contributed by atoms with Crippen LogP contribution in [-0.4, -0.2) is 11.2 Å². The summed E-state index contributed by atoms with van der Waals surface area (Å²) in [6.07, 6.45) is 17.8. The highest BCUT2D eigenvalue weighted by Gasteiger charge is 2.56. The lowest BCUT2D eigenvalue weighted by Crippen LogP contribution is -2.46. The maximum Gasteiger partial charge on any atom is 0.0578 e. The Morgan fingerprint density at radius 3 is 2.50 bits per heavy atom. The molecule has 28 heavy (non-hydrogen) atoms. The van der Waals surface area contributed by atoms with Crippen molar-refractivity contribution in [2.75, 3.05) is 0 Å². The van der Waals surface area contributed by atoms with E-state index in [4.69, 9.17) is 0 Å². The van der Waals surface area contributed by atoms with Gasteiger partial charge in [0, 0.05) is 0 Å². The minimum atomic E-state index is -0.106. The van der Waals surface area contributed by atoms with Crippen molar-refractivity contribution in [3.8, 4) is 0 Å². The molecule has 3 saturated carbocycles. The van der Waals surface area contributed by atoms with E-state index in [-0.39, 0.29) is 6.10 Å². The Balaban J connectivity index is 1.53. The normalized spacial score (nSPS) is 43.7. The zero-order valence-corrected chi connectivity index (χ0v) is 19.1. The molecule has 0 amide bonds. The average molecular weight is 385 g/mol. The number of hydrogen-bond acceptors (Lipinski definition) is 1. The van der Waals surface area contributed by atoms with Crippen LogP contribution in [0.4, 0.5) is 0 Å². The summed E-state index contributed by atoms with van der Waals surface area (Å²) in [4.78, 5) is 0. The van der Waals surface area contributed by atoms with Gasteiger partial charge in [-0.15, -0.1) is 0 Å². The van der Waals surface area contributed by atoms with Gasteiger partial charge in [-0.1, -0.05) is 77.2 Å². The van der Waals surface area contributed by atoms with E-state index in [2.05, 4.69) is 46.8 Å². The maximum atomic E-state index is 10.2. The SMILES string of the molecule is CC(C)CCC[C@@H](C)[C@@H]1CC[C@H]2C3=CC=C4C[C@@H](O)CC[C@]4(C)[C@@H]3CC[C@@]21C. The fraction of sp³-hybridized carbons (Fsp3) is 0.852. The molecule has 1 heteroatoms. The topological polar surface area (TPSA) is 20.2 Å². The number of rotatable bonds is 5. The predicted molar refractivity (Wildman–Crippen MR) is 119 cm³/mol. The smallest absolute Gasteiger partial charge is 0.0578 e. The highest BCUT2D eigenvalue weighted by Crippen LogP contribution is 2.66. The van der Waals surface area contributed by atoms with Gasteiger partial charge in [-0.2, -0.15) is 0 Å². The summed E-state index contributed by atoms with van der Waals surface area (Å²) in [7, 11) is 0. The molecule has 0 heterocycles. The number of aliphatic hydroxyl groups is 1. The molecule has 0 radical (unpaired) electrons. The molecule has 0 spiro atoms. The highest BCUT2D eigenvalue weighted by atomic mass is 16.3. The average Bonchev–Trinajstić information content (AvgIpc) is 2.99. The lowest BCUT2D eigenvalue weighted by atomic mass is 9.50. The Morgan fingerprint density at radius 1 is 0.964 bits per heavy atom. The molecular weight excluding hydrogens is 340 g/mol. The number of aliphatic hydroxyl groups excluding tert-OH is 1. The Morgan fingerprint density at radius 2 is 1.75 bits per heavy atom. The second-order valence-corrected chi connectivity index (χ2v) is 11.8. The third-order valence-electron chi connectivity index (χ3n) is 9.75. The summed E-state index contributed by atoms with van der Waals surface area (Å²) >= 11 is 0. The highest BCUT2D eigenvalue weighted by molar-refractivity contribution is 5.38. The molecular formula is C27H44O. The molecule has 0 aromatic rings. The van der Waals surface area contributed by atoms with Crippen LogP contribution in [0.25, 0.3) is 0 Å². The van der Waals surface area contributed by atoms with Crippen LogP contribution in [0.15, 0.2) is 23.3 Å². The van der Waals surface area contributed by atoms with Gasteiger partial charge in [0.05, 0.1) is 6.10 Å². The van der Waals surface area contributed by atoms with Gasteiger partial charge in [0.1, 0.15) is 0 Å². The van der Waals surface area contributed by atoms with Crippen LogP contribution in [0, 0.1) is 40.4 Å². The second kappa shape index (κ2) is 7.60. The van der Waals surface area contributed by atoms with Gasteiger partial charge in [-0.3, -0.25) is 0 Å². The molecule has 7 atom stereocenters. The van der Waals surface area contributed by atoms with E-state index >= 15 is 0 Å². The standard InChI is InChI=1S/C27H44O/c1-18(2)7-6-8-19(3)23-11-12-24-22-10-9-20-17-21(28)13-15-26(20,4)25(22)14-16-27(23,24)5/h9-10,18-19,21,23-25,28H,6-8,11-17H2,1-5H3/t19-,21+,23+,24+,25-,26+,27-/m1/s1. The van der Waals surface area contributed by atoms with Crippen LogP contribution in [0.2, 0.25) is 0 Å². The van der Waals surface area contributed by atoms with Gasteiger partial charge in [0.2, 0.25) is 0 Å². The fourth-order valence-electron chi connectivity index (χ4n) is 8.01. The number of fused-ring (bicyclic) bond motifs is 5. The lowest BCUT2D eigenvalue weighted by molar-refractivity contribution is 0.0323. The van der Waals surface area contributed by atoms with Gasteiger partial charge in [-0.25, -0.2) is 0 Å². The summed E-state index contributed by atoms with van der Waals surface area (Å²) in [5, 5.41) is 10.2. The summed E-state index contributed by atoms with van der Waals surface area (Å²) in [5.74, 6) is 4.19. The van der Waals surface area contributed by atoms with Crippen LogP contribution >= 0.6 is 0 Å². The first-order valence-corrected chi connectivity index (χ1v) is 12.3. The van der Waals surface area contributed by atoms with Gasteiger partial charge in [0.25, 0.3) is 0 Å². The molecule has 0 bridgehead atoms. The van der Waals surface area contributed by atoms with Crippen molar-refractivity contribution in [2.45, 2.75) is 105 Å². The molecule has 4 rings (SSSR count). The van der Waals surface area contributed by atoms with Crippen molar-refractivity contribution in [3.63, 3.8) is 0 Å². The van der Waals surface area contributed by atoms with E-state index < -0.39 is 0 Å². The monoisotopic (exact) mass is 384 g/mol. The van der Waals surface area contributed by atoms with E-state index in [0.29, 0.717) is 10.8 Å². The minimum absolute atomic E-state index is 0.106. The Hall–Kier alpha value is -0.560. The third-order valence-corrected chi connectivity index (χ3v) is 9.75. The van der Waals surface area contributed by atoms with Gasteiger partial charge >= 0.3 is 0 Å². The molecule has 0 aromatic heterocycles. The van der Waals surface area contributed by atoms with Crippen LogP contribution in [0.1, 0.15) is 98.8 Å². The van der Waals surface area contributed by atoms with E-state index in [9.17, 15) is 5.11 Å². The predicted octanol–water partition coefficient (Wildman–Crippen LogP) is 7.31. The zero-order valence-electron chi connectivity index (χ0n) is 19.1. The second-order valence-electron chi connectivity index (χ2n) is 11.8. The zero-order chi connectivity index (χ0) is 20.1. The van der Waals surface area contributed by atoms with Crippen LogP contribution in [0.3, 0.4) is 0 Å². The van der Waals surface area contributed by atoms with Crippen molar-refractivity contribution >= 4 is 0 Å². The van der Waals surface area contributed by atoms with Gasteiger partial charge in [-0.05, 0) is 85.4 Å². The molecule has 1 N–H and O–H groups in total. The molecule has 4 aliphatic carbocycles. The summed E-state index contributed by atoms with van der Waals surface area (Å²) in [6, 6.07) is 0. The largest absolute Gasteiger partial charge is 0.393 e. The quantitative estimate of drug-likeness (QED) is 0.527. The summed E-state index contributed by atoms with van der Waals surface area (Å²) in [5.41, 5.74) is 4.19. The summed E-state index contributed by atoms with van der Waals surface area (Å²) in [6.45, 7) is 12.5. The molecule has 158 valence electrons. The lowest BCUT2D eigenvalue weighted by Gasteiger charge is -2.55. The van der Waals surface area contributed by atoms with Crippen LogP contribution < -0.4 is 0 Å². The van der Waals surface area contributed by atoms with Crippen LogP contribution in [-0.2, 0) is 0 Å². The van der Waals surface area contributed by atoms with Crippen molar-refractivity contribution < 1.29 is 5.11 Å². The van der Waals surface area contributed by atoms with Crippen molar-refractivity contribution in [3.05, 3.63) is 23.3 Å². The molecule has 3 fully saturated rings. The fourth-order valence-corrected chi connectivity index (χ4v) is 8.01. The third kappa shape index (κ3) is 3.34. The molecule has 1 nitrogen and oxygen atoms in total. The van der Waals surface area contributed by atoms with E-state index in [0.717, 1.165) is 42.4 Å². The van der Waals surface area contributed by atoms with E-state index in [1.54, 1.807) is 11.1 Å². The van der Waals surface area contributed by atoms with Crippen LogP contribution in [0.5, 0.6) is 0 Å². The van der Waals surface area contributed by atoms with Crippen molar-refractivity contribution in [1.29, 1.82) is 0 Å². The van der Waals surface area contributed by atoms with Gasteiger partial charge in [0.15, 0.2) is 0 Å². The molecule has 4 aliphatic rings. The Labute approximate surface area is 174 Å². The molecule has 0 aromatic carbocycles. The minimum Gasteiger partial charge on any atom is -0.393 e. The molecule has 0 saturated heterocycles. The number of allylic oxidation sites excluding steroid dienone is 3. The summed E-state index contributed by atoms with van der Waals surface area (Å²) < 4.78 is 0. The number of hydrogen-bond donors (Lipinski definition) is 1. The molecule has 0 unspecified atom stereocenters. The van der Waals surface area contributed by atoms with E-state index in [1.165, 1.54) is 51.4 Å². The molecule has 0 aliphatic heterocycles. The first-order chi connectivity index (χ1) is 13.3. The van der Waals surface area contributed by atoms with Crippen molar-refractivity contribution in [2.24, 2.45) is 40.4 Å². The Bertz CT molecular complexity index is 643. The van der Waals surface area contributed by atoms with Crippen molar-refractivity contribution in [1.82, 2.24) is 0 Å². The Kier molecular flexibility index (Phi) is 5.62. The first kappa shape index (κ1) is 20.7. The first-order valence-electron chi connectivity index (χ1n) is 12.3. The maximum absolute atomic E-state index is 10.2. The van der Waals surface area contributed by atoms with E-state index in [1.807, 2.05) is 0 Å². The van der Waals surface area contributed by atoms with Gasteiger partial charge < -0.3 is 5.11 Å².